The molecule has 0 atom stereocenters. The highest BCUT2D eigenvalue weighted by Crippen LogP contribution is 2.33. The smallest absolute Gasteiger partial charge is 0.116 e. The van der Waals surface area contributed by atoms with Gasteiger partial charge in [0.1, 0.15) is 11.5 Å². The molecule has 2 aromatic carbocycles. The molecule has 0 heterocycles. The zero-order valence-corrected chi connectivity index (χ0v) is 11.5. The molecule has 1 aliphatic rings. The fourth-order valence-electron chi connectivity index (χ4n) is 2.80. The number of fused-ring (bicyclic) bond motifs is 1. The van der Waals surface area contributed by atoms with Crippen molar-refractivity contribution in [1.29, 1.82) is 5.26 Å². The first-order valence-corrected chi connectivity index (χ1v) is 6.93. The molecule has 0 fully saturated rings. The van der Waals surface area contributed by atoms with Crippen molar-refractivity contribution in [3.05, 3.63) is 58.7 Å². The third kappa shape index (κ3) is 2.61. The number of aromatic hydroxyl groups is 2. The van der Waals surface area contributed by atoms with Crippen molar-refractivity contribution in [3.63, 3.8) is 0 Å². The molecule has 0 radical (unpaired) electrons. The van der Waals surface area contributed by atoms with Gasteiger partial charge < -0.3 is 10.2 Å². The Hall–Kier alpha value is -2.73. The molecule has 3 rings (SSSR count). The number of nitriles is 1. The van der Waals surface area contributed by atoms with Gasteiger partial charge in [0.2, 0.25) is 0 Å². The van der Waals surface area contributed by atoms with Gasteiger partial charge in [-0.3, -0.25) is 0 Å². The summed E-state index contributed by atoms with van der Waals surface area (Å²) in [7, 11) is 0. The molecular formula is C18H15NO2. The van der Waals surface area contributed by atoms with E-state index in [4.69, 9.17) is 0 Å². The summed E-state index contributed by atoms with van der Waals surface area (Å²) in [5, 5.41) is 28.4. The Morgan fingerprint density at radius 2 is 1.71 bits per heavy atom. The maximum Gasteiger partial charge on any atom is 0.116 e. The van der Waals surface area contributed by atoms with Gasteiger partial charge in [0.05, 0.1) is 11.6 Å². The molecule has 1 aliphatic carbocycles. The Balaban J connectivity index is 2.11. The van der Waals surface area contributed by atoms with Crippen molar-refractivity contribution in [2.24, 2.45) is 0 Å². The third-order valence-electron chi connectivity index (χ3n) is 3.82. The Morgan fingerprint density at radius 3 is 2.52 bits per heavy atom. The quantitative estimate of drug-likeness (QED) is 0.832. The Labute approximate surface area is 123 Å². The maximum atomic E-state index is 9.58. The molecule has 2 N–H and O–H groups in total. The monoisotopic (exact) mass is 277 g/mol. The van der Waals surface area contributed by atoms with Crippen molar-refractivity contribution in [2.75, 3.05) is 0 Å². The summed E-state index contributed by atoms with van der Waals surface area (Å²) >= 11 is 0. The number of nitrogens with zero attached hydrogens (tertiary/aromatic N) is 1. The first-order valence-electron chi connectivity index (χ1n) is 6.93. The largest absolute Gasteiger partial charge is 0.508 e. The van der Waals surface area contributed by atoms with Crippen LogP contribution in [0, 0.1) is 11.3 Å². The van der Waals surface area contributed by atoms with Crippen LogP contribution in [0.5, 0.6) is 11.5 Å². The zero-order chi connectivity index (χ0) is 14.8. The highest BCUT2D eigenvalue weighted by atomic mass is 16.3. The van der Waals surface area contributed by atoms with Gasteiger partial charge in [0.25, 0.3) is 0 Å². The summed E-state index contributed by atoms with van der Waals surface area (Å²) in [6.45, 7) is 0. The van der Waals surface area contributed by atoms with Crippen molar-refractivity contribution >= 4 is 11.6 Å². The van der Waals surface area contributed by atoms with Gasteiger partial charge in [-0.2, -0.15) is 5.26 Å². The minimum absolute atomic E-state index is 0.106. The second-order valence-electron chi connectivity index (χ2n) is 5.25. The van der Waals surface area contributed by atoms with Crippen molar-refractivity contribution in [3.8, 4) is 17.6 Å². The van der Waals surface area contributed by atoms with Crippen LogP contribution in [0.1, 0.15) is 35.1 Å². The summed E-state index contributed by atoms with van der Waals surface area (Å²) in [5.74, 6) is 0.391. The number of aryl methyl sites for hydroxylation is 1. The first-order chi connectivity index (χ1) is 10.2. The number of hydrogen-bond donors (Lipinski definition) is 2. The summed E-state index contributed by atoms with van der Waals surface area (Å²) < 4.78 is 0. The normalized spacial score (nSPS) is 13.8. The summed E-state index contributed by atoms with van der Waals surface area (Å²) in [6.07, 6.45) is 4.82. The minimum atomic E-state index is 0.106. The predicted octanol–water partition coefficient (Wildman–Crippen LogP) is 3.85. The molecule has 0 aliphatic heterocycles. The van der Waals surface area contributed by atoms with Crippen LogP contribution >= 0.6 is 0 Å². The molecular weight excluding hydrogens is 262 g/mol. The Morgan fingerprint density at radius 1 is 0.952 bits per heavy atom. The molecule has 0 saturated heterocycles. The number of phenols is 2. The van der Waals surface area contributed by atoms with E-state index in [1.807, 2.05) is 6.07 Å². The number of allylic oxidation sites excluding steroid dienone is 1. The Bertz CT molecular complexity index is 769. The van der Waals surface area contributed by atoms with E-state index >= 15 is 0 Å². The van der Waals surface area contributed by atoms with E-state index < -0.39 is 0 Å². The maximum absolute atomic E-state index is 9.58. The van der Waals surface area contributed by atoms with E-state index in [1.165, 1.54) is 6.07 Å². The van der Waals surface area contributed by atoms with Crippen LogP contribution in [-0.2, 0) is 6.42 Å². The minimum Gasteiger partial charge on any atom is -0.508 e. The van der Waals surface area contributed by atoms with Crippen molar-refractivity contribution in [2.45, 2.75) is 19.3 Å². The second-order valence-corrected chi connectivity index (χ2v) is 5.25. The molecule has 0 unspecified atom stereocenters. The van der Waals surface area contributed by atoms with Crippen LogP contribution < -0.4 is 0 Å². The molecule has 0 bridgehead atoms. The van der Waals surface area contributed by atoms with Crippen LogP contribution in [0.2, 0.25) is 0 Å². The molecule has 0 amide bonds. The lowest BCUT2D eigenvalue weighted by Gasteiger charge is -2.08. The van der Waals surface area contributed by atoms with E-state index in [-0.39, 0.29) is 11.5 Å². The van der Waals surface area contributed by atoms with E-state index in [0.717, 1.165) is 41.5 Å². The highest BCUT2D eigenvalue weighted by molar-refractivity contribution is 5.85. The van der Waals surface area contributed by atoms with Gasteiger partial charge >= 0.3 is 0 Å². The zero-order valence-electron chi connectivity index (χ0n) is 11.5. The number of phenolic OH excluding ortho intramolecular Hbond substituents is 2. The van der Waals surface area contributed by atoms with Gasteiger partial charge in [-0.1, -0.05) is 12.1 Å². The Kier molecular flexibility index (Phi) is 3.37. The van der Waals surface area contributed by atoms with E-state index in [2.05, 4.69) is 12.1 Å². The van der Waals surface area contributed by atoms with Gasteiger partial charge in [0.15, 0.2) is 0 Å². The fourth-order valence-corrected chi connectivity index (χ4v) is 2.80. The van der Waals surface area contributed by atoms with E-state index in [0.29, 0.717) is 5.56 Å². The average molecular weight is 277 g/mol. The lowest BCUT2D eigenvalue weighted by Crippen LogP contribution is -1.89. The van der Waals surface area contributed by atoms with Crippen LogP contribution in [0.15, 0.2) is 36.4 Å². The van der Waals surface area contributed by atoms with E-state index in [1.54, 1.807) is 24.3 Å². The van der Waals surface area contributed by atoms with Gasteiger partial charge in [-0.25, -0.2) is 0 Å². The predicted molar refractivity (Wildman–Crippen MR) is 81.7 cm³/mol. The number of benzene rings is 2. The highest BCUT2D eigenvalue weighted by Gasteiger charge is 2.14. The fraction of sp³-hybridized carbons (Fsp3) is 0.167. The summed E-state index contributed by atoms with van der Waals surface area (Å²) in [4.78, 5) is 0. The number of rotatable bonds is 1. The first kappa shape index (κ1) is 13.3. The molecule has 21 heavy (non-hydrogen) atoms. The summed E-state index contributed by atoms with van der Waals surface area (Å²) in [5.41, 5.74) is 4.66. The summed E-state index contributed by atoms with van der Waals surface area (Å²) in [6, 6.07) is 12.4. The van der Waals surface area contributed by atoms with Gasteiger partial charge in [0, 0.05) is 0 Å². The van der Waals surface area contributed by atoms with Crippen LogP contribution in [0.4, 0.5) is 0 Å². The molecule has 3 nitrogen and oxygen atoms in total. The molecule has 2 aromatic rings. The van der Waals surface area contributed by atoms with Crippen molar-refractivity contribution in [1.82, 2.24) is 0 Å². The standard InChI is InChI=1S/C18H15NO2/c19-11-15-10-17(21)6-7-18(15)14-3-1-2-12-9-16(20)5-4-13(12)8-14/h4-10,20-21H,1-3H2. The second kappa shape index (κ2) is 5.34. The molecule has 0 aromatic heterocycles. The van der Waals surface area contributed by atoms with E-state index in [9.17, 15) is 15.5 Å². The molecule has 0 spiro atoms. The topological polar surface area (TPSA) is 64.2 Å². The number of hydrogen-bond acceptors (Lipinski definition) is 3. The third-order valence-corrected chi connectivity index (χ3v) is 3.82. The van der Waals surface area contributed by atoms with Gasteiger partial charge in [-0.15, -0.1) is 0 Å². The lowest BCUT2D eigenvalue weighted by atomic mass is 9.96. The molecule has 3 heteroatoms. The average Bonchev–Trinajstić information content (AvgIpc) is 2.68. The molecule has 104 valence electrons. The van der Waals surface area contributed by atoms with Crippen molar-refractivity contribution < 1.29 is 10.2 Å². The lowest BCUT2D eigenvalue weighted by molar-refractivity contribution is 0.474. The van der Waals surface area contributed by atoms with Crippen LogP contribution in [0.25, 0.3) is 11.6 Å². The SMILES string of the molecule is N#Cc1cc(O)ccc1C1=Cc2ccc(O)cc2CCC1. The van der Waals surface area contributed by atoms with Crippen LogP contribution in [0.3, 0.4) is 0 Å². The van der Waals surface area contributed by atoms with Gasteiger partial charge in [-0.05, 0) is 71.9 Å². The molecule has 0 saturated carbocycles. The van der Waals surface area contributed by atoms with Crippen LogP contribution in [-0.4, -0.2) is 10.2 Å².